The molecule has 0 fully saturated rings. The summed E-state index contributed by atoms with van der Waals surface area (Å²) in [5.74, 6) is 0.659. The van der Waals surface area contributed by atoms with E-state index in [1.165, 1.54) is 0 Å². The fourth-order valence-corrected chi connectivity index (χ4v) is 2.48. The fourth-order valence-electron chi connectivity index (χ4n) is 2.48. The molecule has 0 saturated heterocycles. The van der Waals surface area contributed by atoms with E-state index in [4.69, 9.17) is 0 Å². The van der Waals surface area contributed by atoms with Crippen molar-refractivity contribution in [3.8, 4) is 5.69 Å². The quantitative estimate of drug-likeness (QED) is 0.625. The van der Waals surface area contributed by atoms with Crippen LogP contribution in [0.3, 0.4) is 0 Å². The maximum Gasteiger partial charge on any atom is 0.227 e. The molecule has 0 amide bonds. The van der Waals surface area contributed by atoms with E-state index in [1.54, 1.807) is 18.6 Å². The molecule has 4 rings (SSSR count). The van der Waals surface area contributed by atoms with Crippen LogP contribution in [0.25, 0.3) is 16.7 Å². The molecule has 0 aliphatic heterocycles. The Kier molecular flexibility index (Phi) is 3.23. The third-order valence-corrected chi connectivity index (χ3v) is 3.62. The lowest BCUT2D eigenvalue weighted by Gasteiger charge is -2.17. The van der Waals surface area contributed by atoms with Crippen molar-refractivity contribution in [1.82, 2.24) is 29.9 Å². The van der Waals surface area contributed by atoms with Gasteiger partial charge in [0.2, 0.25) is 5.95 Å². The number of benzene rings is 1. The lowest BCUT2D eigenvalue weighted by molar-refractivity contribution is 0.854. The summed E-state index contributed by atoms with van der Waals surface area (Å²) >= 11 is 0. The zero-order chi connectivity index (χ0) is 15.6. The van der Waals surface area contributed by atoms with Gasteiger partial charge in [0.15, 0.2) is 5.65 Å². The molecule has 0 atom stereocenters. The van der Waals surface area contributed by atoms with Crippen molar-refractivity contribution in [3.63, 3.8) is 0 Å². The van der Waals surface area contributed by atoms with E-state index >= 15 is 0 Å². The molecule has 0 spiro atoms. The van der Waals surface area contributed by atoms with Gasteiger partial charge in [-0.15, -0.1) is 0 Å². The maximum atomic E-state index is 4.48. The van der Waals surface area contributed by atoms with Gasteiger partial charge in [-0.3, -0.25) is 5.10 Å². The van der Waals surface area contributed by atoms with Crippen molar-refractivity contribution in [3.05, 3.63) is 60.7 Å². The average Bonchev–Trinajstić information content (AvgIpc) is 3.26. The standard InChI is InChI=1S/C16H15N7/c1-22(16-17-9-13-10-18-21-15(13)20-16)11-12-4-2-5-14(8-12)23-7-3-6-19-23/h2-10H,11H2,1H3,(H,17,18,20,21). The van der Waals surface area contributed by atoms with Crippen molar-refractivity contribution in [2.75, 3.05) is 11.9 Å². The second-order valence-electron chi connectivity index (χ2n) is 5.32. The van der Waals surface area contributed by atoms with Crippen molar-refractivity contribution in [2.45, 2.75) is 6.54 Å². The molecule has 114 valence electrons. The summed E-state index contributed by atoms with van der Waals surface area (Å²) in [4.78, 5) is 10.9. The molecule has 0 unspecified atom stereocenters. The van der Waals surface area contributed by atoms with Crippen molar-refractivity contribution >= 4 is 17.0 Å². The summed E-state index contributed by atoms with van der Waals surface area (Å²) in [6, 6.07) is 10.2. The number of H-pyrrole nitrogens is 1. The number of aromatic amines is 1. The number of anilines is 1. The van der Waals surface area contributed by atoms with E-state index < -0.39 is 0 Å². The van der Waals surface area contributed by atoms with Crippen molar-refractivity contribution in [2.24, 2.45) is 0 Å². The molecule has 0 bridgehead atoms. The van der Waals surface area contributed by atoms with Gasteiger partial charge in [0.1, 0.15) is 0 Å². The highest BCUT2D eigenvalue weighted by atomic mass is 15.3. The van der Waals surface area contributed by atoms with E-state index in [2.05, 4.69) is 37.4 Å². The molecular weight excluding hydrogens is 290 g/mol. The molecule has 0 radical (unpaired) electrons. The normalized spacial score (nSPS) is 11.0. The number of nitrogens with one attached hydrogen (secondary N) is 1. The molecular formula is C16H15N7. The lowest BCUT2D eigenvalue weighted by atomic mass is 10.2. The molecule has 0 aliphatic rings. The number of hydrogen-bond donors (Lipinski definition) is 1. The highest BCUT2D eigenvalue weighted by Gasteiger charge is 2.08. The Bertz CT molecular complexity index is 926. The topological polar surface area (TPSA) is 75.5 Å². The van der Waals surface area contributed by atoms with Gasteiger partial charge in [0.05, 0.1) is 17.3 Å². The zero-order valence-corrected chi connectivity index (χ0v) is 12.6. The third kappa shape index (κ3) is 2.64. The first-order chi connectivity index (χ1) is 11.3. The first kappa shape index (κ1) is 13.4. The largest absolute Gasteiger partial charge is 0.339 e. The molecule has 0 aliphatic carbocycles. The van der Waals surface area contributed by atoms with Crippen LogP contribution in [0.2, 0.25) is 0 Å². The van der Waals surface area contributed by atoms with Crippen LogP contribution < -0.4 is 4.90 Å². The summed E-state index contributed by atoms with van der Waals surface area (Å²) in [5, 5.41) is 12.0. The monoisotopic (exact) mass is 305 g/mol. The zero-order valence-electron chi connectivity index (χ0n) is 12.6. The van der Waals surface area contributed by atoms with Crippen LogP contribution in [-0.2, 0) is 6.54 Å². The van der Waals surface area contributed by atoms with E-state index in [-0.39, 0.29) is 0 Å². The van der Waals surface area contributed by atoms with Crippen LogP contribution >= 0.6 is 0 Å². The van der Waals surface area contributed by atoms with Crippen LogP contribution in [0.1, 0.15) is 5.56 Å². The lowest BCUT2D eigenvalue weighted by Crippen LogP contribution is -2.19. The molecule has 3 heterocycles. The molecule has 7 nitrogen and oxygen atoms in total. The van der Waals surface area contributed by atoms with Gasteiger partial charge in [0.25, 0.3) is 0 Å². The van der Waals surface area contributed by atoms with Crippen LogP contribution in [-0.4, -0.2) is 37.0 Å². The Labute approximate surface area is 132 Å². The second kappa shape index (κ2) is 5.53. The third-order valence-electron chi connectivity index (χ3n) is 3.62. The SMILES string of the molecule is CN(Cc1cccc(-n2cccn2)c1)c1ncc2cn[nH]c2n1. The highest BCUT2D eigenvalue weighted by Crippen LogP contribution is 2.16. The Balaban J connectivity index is 1.58. The van der Waals surface area contributed by atoms with E-state index in [0.717, 1.165) is 22.3 Å². The van der Waals surface area contributed by atoms with Gasteiger partial charge in [-0.2, -0.15) is 15.2 Å². The Morgan fingerprint density at radius 1 is 1.22 bits per heavy atom. The van der Waals surface area contributed by atoms with Crippen LogP contribution in [0.4, 0.5) is 5.95 Å². The summed E-state index contributed by atoms with van der Waals surface area (Å²) in [6.07, 6.45) is 7.19. The van der Waals surface area contributed by atoms with Gasteiger partial charge < -0.3 is 4.90 Å². The molecule has 23 heavy (non-hydrogen) atoms. The van der Waals surface area contributed by atoms with Gasteiger partial charge in [0, 0.05) is 32.2 Å². The first-order valence-electron chi connectivity index (χ1n) is 7.26. The average molecular weight is 305 g/mol. The first-order valence-corrected chi connectivity index (χ1v) is 7.26. The summed E-state index contributed by atoms with van der Waals surface area (Å²) < 4.78 is 1.84. The number of fused-ring (bicyclic) bond motifs is 1. The van der Waals surface area contributed by atoms with Crippen LogP contribution in [0.5, 0.6) is 0 Å². The molecule has 0 saturated carbocycles. The number of aromatic nitrogens is 6. The summed E-state index contributed by atoms with van der Waals surface area (Å²) in [7, 11) is 1.97. The van der Waals surface area contributed by atoms with E-state index in [1.807, 2.05) is 41.0 Å². The Morgan fingerprint density at radius 3 is 3.04 bits per heavy atom. The van der Waals surface area contributed by atoms with Gasteiger partial charge >= 0.3 is 0 Å². The minimum absolute atomic E-state index is 0.659. The molecule has 3 aromatic heterocycles. The smallest absolute Gasteiger partial charge is 0.227 e. The Hall–Kier alpha value is -3.22. The minimum Gasteiger partial charge on any atom is -0.339 e. The molecule has 1 N–H and O–H groups in total. The van der Waals surface area contributed by atoms with Crippen molar-refractivity contribution in [1.29, 1.82) is 0 Å². The summed E-state index contributed by atoms with van der Waals surface area (Å²) in [5.41, 5.74) is 2.94. The minimum atomic E-state index is 0.659. The van der Waals surface area contributed by atoms with E-state index in [0.29, 0.717) is 12.5 Å². The van der Waals surface area contributed by atoms with Gasteiger partial charge in [-0.05, 0) is 23.8 Å². The van der Waals surface area contributed by atoms with Crippen LogP contribution in [0, 0.1) is 0 Å². The van der Waals surface area contributed by atoms with E-state index in [9.17, 15) is 0 Å². The van der Waals surface area contributed by atoms with Gasteiger partial charge in [-0.25, -0.2) is 9.67 Å². The predicted molar refractivity (Wildman–Crippen MR) is 87.4 cm³/mol. The highest BCUT2D eigenvalue weighted by molar-refractivity contribution is 5.73. The predicted octanol–water partition coefficient (Wildman–Crippen LogP) is 2.17. The molecule has 7 heteroatoms. The number of hydrogen-bond acceptors (Lipinski definition) is 5. The number of rotatable bonds is 4. The number of nitrogens with zero attached hydrogens (tertiary/aromatic N) is 6. The fraction of sp³-hybridized carbons (Fsp3) is 0.125. The second-order valence-corrected chi connectivity index (χ2v) is 5.32. The maximum absolute atomic E-state index is 4.48. The summed E-state index contributed by atoms with van der Waals surface area (Å²) in [6.45, 7) is 0.703. The van der Waals surface area contributed by atoms with Gasteiger partial charge in [-0.1, -0.05) is 12.1 Å². The van der Waals surface area contributed by atoms with Crippen LogP contribution in [0.15, 0.2) is 55.1 Å². The molecule has 1 aromatic carbocycles. The Morgan fingerprint density at radius 2 is 2.17 bits per heavy atom. The van der Waals surface area contributed by atoms with Crippen molar-refractivity contribution < 1.29 is 0 Å². The molecule has 4 aromatic rings.